The van der Waals surface area contributed by atoms with Gasteiger partial charge in [0.15, 0.2) is 11.4 Å². The summed E-state index contributed by atoms with van der Waals surface area (Å²) in [6.07, 6.45) is 14.5. The molecule has 0 amide bonds. The summed E-state index contributed by atoms with van der Waals surface area (Å²) in [7, 11) is 0. The fourth-order valence-corrected chi connectivity index (χ4v) is 6.68. The van der Waals surface area contributed by atoms with E-state index in [2.05, 4.69) is 18.5 Å². The van der Waals surface area contributed by atoms with Gasteiger partial charge in [-0.05, 0) is 61.5 Å². The molecule has 0 aromatic carbocycles. The molecule has 0 radical (unpaired) electrons. The van der Waals surface area contributed by atoms with E-state index in [9.17, 15) is 9.90 Å². The molecular weight excluding hydrogens is 418 g/mol. The molecule has 5 unspecified atom stereocenters. The minimum absolute atomic E-state index is 0.0360. The summed E-state index contributed by atoms with van der Waals surface area (Å²) >= 11 is 0. The fraction of sp³-hybridized carbons (Fsp3) is 0.704. The lowest BCUT2D eigenvalue weighted by molar-refractivity contribution is -0.218. The van der Waals surface area contributed by atoms with E-state index in [1.165, 1.54) is 43.9 Å². The van der Waals surface area contributed by atoms with Crippen LogP contribution in [0.2, 0.25) is 0 Å². The van der Waals surface area contributed by atoms with Crippen molar-refractivity contribution in [1.29, 1.82) is 0 Å². The van der Waals surface area contributed by atoms with Crippen molar-refractivity contribution in [2.24, 2.45) is 23.2 Å². The number of nitrogens with zero attached hydrogens (tertiary/aromatic N) is 1. The van der Waals surface area contributed by atoms with Crippen LogP contribution in [0, 0.1) is 23.2 Å². The molecule has 0 spiro atoms. The zero-order valence-corrected chi connectivity index (χ0v) is 20.0. The van der Waals surface area contributed by atoms with E-state index in [0.717, 1.165) is 38.7 Å². The zero-order valence-electron chi connectivity index (χ0n) is 20.0. The molecule has 6 heteroatoms. The lowest BCUT2D eigenvalue weighted by Gasteiger charge is -2.57. The number of carboxylic acid groups (broad SMARTS) is 1. The third kappa shape index (κ3) is 5.43. The van der Waals surface area contributed by atoms with Gasteiger partial charge in [0.1, 0.15) is 6.79 Å². The van der Waals surface area contributed by atoms with Gasteiger partial charge in [-0.25, -0.2) is 9.78 Å². The molecule has 5 rings (SSSR count). The van der Waals surface area contributed by atoms with Gasteiger partial charge in [0.25, 0.3) is 0 Å². The first-order valence-electron chi connectivity index (χ1n) is 12.7. The molecular formula is C27H39NO5. The maximum Gasteiger partial charge on any atom is 0.358 e. The van der Waals surface area contributed by atoms with E-state index in [0.29, 0.717) is 43.0 Å². The highest BCUT2D eigenvalue weighted by Crippen LogP contribution is 2.58. The molecule has 4 fully saturated rings. The molecule has 0 bridgehead atoms. The predicted octanol–water partition coefficient (Wildman–Crippen LogP) is 5.87. The first-order chi connectivity index (χ1) is 16.0. The Morgan fingerprint density at radius 1 is 1.27 bits per heavy atom. The smallest absolute Gasteiger partial charge is 0.358 e. The van der Waals surface area contributed by atoms with E-state index < -0.39 is 5.97 Å². The van der Waals surface area contributed by atoms with Crippen molar-refractivity contribution in [3.8, 4) is 5.75 Å². The molecule has 1 saturated heterocycles. The van der Waals surface area contributed by atoms with Gasteiger partial charge in [0, 0.05) is 12.1 Å². The van der Waals surface area contributed by atoms with Gasteiger partial charge in [-0.15, -0.1) is 0 Å². The molecule has 1 aromatic heterocycles. The Kier molecular flexibility index (Phi) is 8.07. The Hall–Kier alpha value is -1.92. The van der Waals surface area contributed by atoms with Gasteiger partial charge < -0.3 is 19.3 Å². The maximum absolute atomic E-state index is 11.3. The van der Waals surface area contributed by atoms with Crippen LogP contribution in [0.4, 0.5) is 0 Å². The van der Waals surface area contributed by atoms with Crippen molar-refractivity contribution >= 4 is 5.97 Å². The third-order valence-electron chi connectivity index (χ3n) is 8.44. The highest BCUT2D eigenvalue weighted by molar-refractivity contribution is 5.88. The van der Waals surface area contributed by atoms with Crippen molar-refractivity contribution < 1.29 is 24.1 Å². The Morgan fingerprint density at radius 2 is 2.03 bits per heavy atom. The lowest BCUT2D eigenvalue weighted by Crippen LogP contribution is -2.54. The summed E-state index contributed by atoms with van der Waals surface area (Å²) in [4.78, 5) is 15.2. The molecule has 1 N–H and O–H groups in total. The summed E-state index contributed by atoms with van der Waals surface area (Å²) in [6.45, 7) is 8.45. The molecule has 3 saturated carbocycles. The number of hydrogen-bond acceptors (Lipinski definition) is 5. The molecule has 2 heterocycles. The van der Waals surface area contributed by atoms with Crippen LogP contribution >= 0.6 is 0 Å². The van der Waals surface area contributed by atoms with Gasteiger partial charge in [0.05, 0.1) is 19.3 Å². The maximum atomic E-state index is 11.3. The Bertz CT molecular complexity index is 815. The number of rotatable bonds is 5. The van der Waals surface area contributed by atoms with Crippen molar-refractivity contribution in [3.63, 3.8) is 0 Å². The summed E-state index contributed by atoms with van der Waals surface area (Å²) in [6, 6.07) is 3.36. The number of hydrogen-bond donors (Lipinski definition) is 1. The monoisotopic (exact) mass is 457 g/mol. The standard InChI is InChI=1S/C22H29NO5.C5H10/c1-14-5-6-17-15-12-26-13-28-18(15)7-9-22(17,2)16(14)8-11-27-19-4-3-10-23-20(19)21(24)25;1-2-4-5-3-1/h3-4,10,15-18H,1,5-9,11-13H2,2H3,(H,24,25);1-5H2. The number of aromatic nitrogens is 1. The quantitative estimate of drug-likeness (QED) is 0.557. The third-order valence-corrected chi connectivity index (χ3v) is 8.44. The van der Waals surface area contributed by atoms with Gasteiger partial charge >= 0.3 is 5.97 Å². The molecule has 182 valence electrons. The number of pyridine rings is 1. The van der Waals surface area contributed by atoms with E-state index >= 15 is 0 Å². The van der Waals surface area contributed by atoms with Crippen LogP contribution in [-0.4, -0.2) is 42.2 Å². The number of carboxylic acids is 1. The zero-order chi connectivity index (χ0) is 23.3. The van der Waals surface area contributed by atoms with Crippen LogP contribution in [-0.2, 0) is 9.47 Å². The predicted molar refractivity (Wildman–Crippen MR) is 126 cm³/mol. The Morgan fingerprint density at radius 3 is 2.76 bits per heavy atom. The Balaban J connectivity index is 0.000000459. The first kappa shape index (κ1) is 24.2. The number of ether oxygens (including phenoxy) is 3. The van der Waals surface area contributed by atoms with Gasteiger partial charge in [-0.1, -0.05) is 51.2 Å². The average Bonchev–Trinajstić information content (AvgIpc) is 3.41. The topological polar surface area (TPSA) is 77.9 Å². The summed E-state index contributed by atoms with van der Waals surface area (Å²) in [5.74, 6) is 0.645. The van der Waals surface area contributed by atoms with Crippen LogP contribution < -0.4 is 4.74 Å². The number of fused-ring (bicyclic) bond motifs is 3. The second-order valence-corrected chi connectivity index (χ2v) is 10.3. The highest BCUT2D eigenvalue weighted by Gasteiger charge is 2.53. The van der Waals surface area contributed by atoms with Crippen LogP contribution in [0.15, 0.2) is 30.5 Å². The number of aromatic carboxylic acids is 1. The molecule has 6 nitrogen and oxygen atoms in total. The van der Waals surface area contributed by atoms with Gasteiger partial charge in [-0.3, -0.25) is 0 Å². The second kappa shape index (κ2) is 11.0. The summed E-state index contributed by atoms with van der Waals surface area (Å²) < 4.78 is 17.4. The van der Waals surface area contributed by atoms with E-state index in [1.54, 1.807) is 12.1 Å². The van der Waals surface area contributed by atoms with Gasteiger partial charge in [-0.2, -0.15) is 0 Å². The highest BCUT2D eigenvalue weighted by atomic mass is 16.7. The molecule has 4 aliphatic rings. The van der Waals surface area contributed by atoms with Crippen LogP contribution in [0.1, 0.15) is 81.6 Å². The normalized spacial score (nSPS) is 33.3. The van der Waals surface area contributed by atoms with Crippen LogP contribution in [0.3, 0.4) is 0 Å². The van der Waals surface area contributed by atoms with E-state index in [4.69, 9.17) is 14.2 Å². The minimum atomic E-state index is -1.07. The summed E-state index contributed by atoms with van der Waals surface area (Å²) in [5, 5.41) is 9.28. The van der Waals surface area contributed by atoms with Crippen molar-refractivity contribution in [2.75, 3.05) is 20.0 Å². The number of allylic oxidation sites excluding steroid dienone is 1. The van der Waals surface area contributed by atoms with E-state index in [1.807, 2.05) is 0 Å². The summed E-state index contributed by atoms with van der Waals surface area (Å²) in [5.41, 5.74) is 1.42. The number of carbonyl (C=O) groups is 1. The van der Waals surface area contributed by atoms with Gasteiger partial charge in [0.2, 0.25) is 0 Å². The molecule has 1 aromatic rings. The van der Waals surface area contributed by atoms with Crippen molar-refractivity contribution in [3.05, 3.63) is 36.2 Å². The average molecular weight is 458 g/mol. The lowest BCUT2D eigenvalue weighted by atomic mass is 9.50. The van der Waals surface area contributed by atoms with Crippen molar-refractivity contribution in [1.82, 2.24) is 4.98 Å². The molecule has 3 aliphatic carbocycles. The Labute approximate surface area is 197 Å². The van der Waals surface area contributed by atoms with Crippen molar-refractivity contribution in [2.45, 2.75) is 77.2 Å². The fourth-order valence-electron chi connectivity index (χ4n) is 6.68. The minimum Gasteiger partial charge on any atom is -0.491 e. The molecule has 1 aliphatic heterocycles. The largest absolute Gasteiger partial charge is 0.491 e. The van der Waals surface area contributed by atoms with E-state index in [-0.39, 0.29) is 11.1 Å². The van der Waals surface area contributed by atoms with Crippen LogP contribution in [0.25, 0.3) is 0 Å². The molecule has 5 atom stereocenters. The SMILES string of the molecule is C1CCCC1.C=C1CCC2C3COCOC3CCC2(C)C1CCOc1cccnc1C(=O)O. The first-order valence-corrected chi connectivity index (χ1v) is 12.7. The second-order valence-electron chi connectivity index (χ2n) is 10.3. The van der Waals surface area contributed by atoms with Crippen LogP contribution in [0.5, 0.6) is 5.75 Å². The molecule has 33 heavy (non-hydrogen) atoms.